The van der Waals surface area contributed by atoms with Crippen molar-refractivity contribution in [3.63, 3.8) is 0 Å². The number of aliphatic imine (C=N–C) groups is 1. The Morgan fingerprint density at radius 1 is 0.767 bits per heavy atom. The highest BCUT2D eigenvalue weighted by Crippen LogP contribution is 2.26. The Kier molecular flexibility index (Phi) is 29.1. The average Bonchev–Trinajstić information content (AvgIpc) is 3.24. The molecule has 60 heavy (non-hydrogen) atoms. The van der Waals surface area contributed by atoms with Gasteiger partial charge in [0.2, 0.25) is 5.91 Å². The van der Waals surface area contributed by atoms with Crippen LogP contribution in [0.15, 0.2) is 48.2 Å². The van der Waals surface area contributed by atoms with E-state index in [1.54, 1.807) is 30.9 Å². The van der Waals surface area contributed by atoms with Crippen LogP contribution in [0, 0.1) is 0 Å². The number of nitrogens with one attached hydrogen (secondary N) is 2. The van der Waals surface area contributed by atoms with E-state index in [0.717, 1.165) is 75.6 Å². The maximum Gasteiger partial charge on any atom is 0.316 e. The summed E-state index contributed by atoms with van der Waals surface area (Å²) in [6, 6.07) is 0.996. The normalized spacial score (nSPS) is 12.7. The summed E-state index contributed by atoms with van der Waals surface area (Å²) in [5.74, 6) is -0.398. The molecule has 0 radical (unpaired) electrons. The van der Waals surface area contributed by atoms with Crippen LogP contribution in [0.4, 0.5) is 0 Å². The van der Waals surface area contributed by atoms with Gasteiger partial charge in [0.05, 0.1) is 37.9 Å². The number of aromatic nitrogens is 6. The topological polar surface area (TPSA) is 233 Å². The van der Waals surface area contributed by atoms with Gasteiger partial charge in [0.15, 0.2) is 12.2 Å². The summed E-state index contributed by atoms with van der Waals surface area (Å²) in [7, 11) is 0. The molecule has 0 fully saturated rings. The zero-order valence-electron chi connectivity index (χ0n) is 35.1. The summed E-state index contributed by atoms with van der Waals surface area (Å²) >= 11 is 0. The Labute approximate surface area is 355 Å². The maximum absolute atomic E-state index is 11.9. The fourth-order valence-corrected chi connectivity index (χ4v) is 5.48. The van der Waals surface area contributed by atoms with Gasteiger partial charge in [0.25, 0.3) is 0 Å². The Balaban J connectivity index is 0.000000497. The molecular weight excluding hydrogens is 771 g/mol. The van der Waals surface area contributed by atoms with E-state index in [4.69, 9.17) is 14.2 Å². The molecule has 0 bridgehead atoms. The van der Waals surface area contributed by atoms with Crippen LogP contribution >= 0.6 is 0 Å². The molecule has 2 atom stereocenters. The summed E-state index contributed by atoms with van der Waals surface area (Å²) in [5.41, 5.74) is 2.14. The number of hydrogen-bond acceptors (Lipinski definition) is 15. The van der Waals surface area contributed by atoms with Crippen molar-refractivity contribution >= 4 is 30.2 Å². The van der Waals surface area contributed by atoms with Crippen LogP contribution in [0.1, 0.15) is 146 Å². The van der Waals surface area contributed by atoms with Crippen molar-refractivity contribution in [2.45, 2.75) is 131 Å². The van der Waals surface area contributed by atoms with Gasteiger partial charge in [-0.15, -0.1) is 0 Å². The fourth-order valence-electron chi connectivity index (χ4n) is 5.48. The smallest absolute Gasteiger partial charge is 0.316 e. The van der Waals surface area contributed by atoms with Crippen LogP contribution in [0.25, 0.3) is 6.08 Å². The first-order valence-corrected chi connectivity index (χ1v) is 20.7. The molecule has 0 spiro atoms. The number of carboxylic acid groups (broad SMARTS) is 1. The average molecular weight is 838 g/mol. The quantitative estimate of drug-likeness (QED) is 0.0538. The molecule has 17 nitrogen and oxygen atoms in total. The highest BCUT2D eigenvalue weighted by Gasteiger charge is 2.17. The molecule has 1 unspecified atom stereocenters. The summed E-state index contributed by atoms with van der Waals surface area (Å²) in [4.78, 5) is 61.4. The van der Waals surface area contributed by atoms with E-state index in [2.05, 4.69) is 52.5 Å². The number of carboxylic acids is 1. The van der Waals surface area contributed by atoms with Crippen LogP contribution in [0.3, 0.4) is 0 Å². The number of ether oxygens (including phenoxy) is 3. The van der Waals surface area contributed by atoms with Crippen molar-refractivity contribution < 1.29 is 38.8 Å². The molecule has 3 aromatic rings. The predicted octanol–water partition coefficient (Wildman–Crippen LogP) is 6.78. The van der Waals surface area contributed by atoms with Gasteiger partial charge in [0.1, 0.15) is 0 Å². The summed E-state index contributed by atoms with van der Waals surface area (Å²) in [5, 5.41) is 24.9. The number of guanidine groups is 1. The monoisotopic (exact) mass is 838 g/mol. The molecule has 3 aromatic heterocycles. The highest BCUT2D eigenvalue weighted by atomic mass is 16.5. The summed E-state index contributed by atoms with van der Waals surface area (Å²) in [6.07, 6.45) is 24.8. The number of aliphatic carboxylic acids is 1. The molecule has 0 saturated heterocycles. The number of unbranched alkanes of at least 4 members (excludes halogenated alkanes) is 6. The van der Waals surface area contributed by atoms with Gasteiger partial charge >= 0.3 is 24.0 Å². The van der Waals surface area contributed by atoms with Crippen molar-refractivity contribution in [2.24, 2.45) is 4.99 Å². The lowest BCUT2D eigenvalue weighted by Crippen LogP contribution is -2.43. The van der Waals surface area contributed by atoms with Gasteiger partial charge in [-0.25, -0.2) is 29.9 Å². The van der Waals surface area contributed by atoms with Crippen molar-refractivity contribution in [3.05, 3.63) is 59.9 Å². The van der Waals surface area contributed by atoms with Crippen molar-refractivity contribution in [3.8, 4) is 18.0 Å². The summed E-state index contributed by atoms with van der Waals surface area (Å²) < 4.78 is 15.4. The first-order chi connectivity index (χ1) is 28.7. The number of hydrogen-bond donors (Lipinski definition) is 4. The number of carbonyl (C=O) groups excluding carboxylic acids is 2. The fraction of sp³-hybridized carbons (Fsp3) is 0.581. The lowest BCUT2D eigenvalue weighted by atomic mass is 9.92. The maximum atomic E-state index is 11.9. The Bertz CT molecular complexity index is 1640. The van der Waals surface area contributed by atoms with Gasteiger partial charge in [-0.05, 0) is 57.9 Å². The lowest BCUT2D eigenvalue weighted by molar-refractivity contribution is -0.137. The zero-order chi connectivity index (χ0) is 42.9. The van der Waals surface area contributed by atoms with Crippen LogP contribution in [-0.4, -0.2) is 103 Å². The van der Waals surface area contributed by atoms with Crippen LogP contribution in [0.5, 0.6) is 18.0 Å². The van der Waals surface area contributed by atoms with Crippen LogP contribution in [0.2, 0.25) is 0 Å². The number of aldehydes is 1. The molecule has 1 aliphatic heterocycles. The third-order valence-electron chi connectivity index (χ3n) is 8.52. The predicted molar refractivity (Wildman–Crippen MR) is 231 cm³/mol. The minimum absolute atomic E-state index is 0. The molecule has 0 aliphatic carbocycles. The molecule has 17 heteroatoms. The van der Waals surface area contributed by atoms with E-state index < -0.39 is 5.97 Å². The van der Waals surface area contributed by atoms with E-state index >= 15 is 0 Å². The minimum atomic E-state index is -0.834. The van der Waals surface area contributed by atoms with Crippen molar-refractivity contribution in [2.75, 3.05) is 32.9 Å². The Hall–Kier alpha value is -5.58. The van der Waals surface area contributed by atoms with Gasteiger partial charge in [-0.2, -0.15) is 0 Å². The van der Waals surface area contributed by atoms with E-state index in [1.165, 1.54) is 31.7 Å². The van der Waals surface area contributed by atoms with E-state index in [0.29, 0.717) is 62.1 Å². The van der Waals surface area contributed by atoms with Gasteiger partial charge in [-0.1, -0.05) is 71.4 Å². The van der Waals surface area contributed by atoms with Gasteiger partial charge in [-0.3, -0.25) is 24.7 Å². The van der Waals surface area contributed by atoms with E-state index in [9.17, 15) is 24.6 Å². The third-order valence-corrected chi connectivity index (χ3v) is 8.52. The molecule has 332 valence electrons. The number of carbonyl (C=O) groups is 3. The first kappa shape index (κ1) is 52.4. The zero-order valence-corrected chi connectivity index (χ0v) is 35.1. The summed E-state index contributed by atoms with van der Waals surface area (Å²) in [6.45, 7) is 10.9. The first-order valence-electron chi connectivity index (χ1n) is 20.7. The van der Waals surface area contributed by atoms with E-state index in [1.807, 2.05) is 26.8 Å². The highest BCUT2D eigenvalue weighted by molar-refractivity contribution is 5.97. The Morgan fingerprint density at radius 2 is 1.30 bits per heavy atom. The number of amides is 1. The second-order valence-corrected chi connectivity index (χ2v) is 13.4. The molecule has 4 N–H and O–H groups in total. The Morgan fingerprint density at radius 3 is 1.82 bits per heavy atom. The van der Waals surface area contributed by atoms with Crippen LogP contribution in [-0.2, 0) is 9.59 Å². The molecule has 4 heterocycles. The minimum Gasteiger partial charge on any atom is -0.481 e. The number of nitrogens with zero attached hydrogens (tertiary/aromatic N) is 7. The molecule has 0 saturated carbocycles. The SMILES string of the molecule is C.CCCCCCC(O)/C=C/c1cnc(OCC)nc1.CCOc1ncc(C=O)cn1.CCOc1ncc([C@@H](CCCCCCC(=O)NC2=NCCCN2)CC(=O)O)cn1. The van der Waals surface area contributed by atoms with Crippen LogP contribution < -0.4 is 24.8 Å². The molecule has 1 amide bonds. The molecular formula is C43H67N9O8. The second-order valence-electron chi connectivity index (χ2n) is 13.4. The van der Waals surface area contributed by atoms with Crippen molar-refractivity contribution in [1.29, 1.82) is 0 Å². The molecule has 1 aliphatic rings. The standard InChI is InChI=1S/C20H31N5O4.C15H24N2O2.C7H8N2O2.CH4/c1-2-29-20-23-13-16(14-24-20)15(12-18(27)28)8-5-3-4-6-9-17(26)25-19-21-10-7-11-22-19;1-3-5-6-7-8-14(18)10-9-13-11-16-15(17-12-13)19-4-2;1-2-11-7-8-3-6(5-10)4-9-7;/h13-15H,2-12H2,1H3,(H,27,28)(H2,21,22,25,26);9-12,14,18H,3-8H2,1-2H3;3-5H,2H2,1H3;1H4/b;10-9+;;/t15-;;;/m0.../s1. The largest absolute Gasteiger partial charge is 0.481 e. The third kappa shape index (κ3) is 24.4. The molecule has 4 rings (SSSR count). The molecule has 0 aromatic carbocycles. The number of rotatable bonds is 24. The van der Waals surface area contributed by atoms with Gasteiger partial charge < -0.3 is 29.7 Å². The lowest BCUT2D eigenvalue weighted by Gasteiger charge is -2.15. The number of aliphatic hydroxyl groups excluding tert-OH is 1. The van der Waals surface area contributed by atoms with Gasteiger partial charge in [0, 0.05) is 62.3 Å². The second kappa shape index (κ2) is 33.3. The number of aliphatic hydroxyl groups is 1. The van der Waals surface area contributed by atoms with Crippen molar-refractivity contribution in [1.82, 2.24) is 40.5 Å². The van der Waals surface area contributed by atoms with E-state index in [-0.39, 0.29) is 31.8 Å².